The van der Waals surface area contributed by atoms with Gasteiger partial charge in [-0.25, -0.2) is 0 Å². The molecule has 2 rings (SSSR count). The van der Waals surface area contributed by atoms with Crippen molar-refractivity contribution < 1.29 is 14.3 Å². The first kappa shape index (κ1) is 16.3. The van der Waals surface area contributed by atoms with Gasteiger partial charge < -0.3 is 9.47 Å². The van der Waals surface area contributed by atoms with E-state index in [1.54, 1.807) is 19.1 Å². The highest BCUT2D eigenvalue weighted by molar-refractivity contribution is 9.10. The fourth-order valence-electron chi connectivity index (χ4n) is 1.95. The smallest absolute Gasteiger partial charge is 0.266 e. The molecule has 1 amide bonds. The summed E-state index contributed by atoms with van der Waals surface area (Å²) in [6.07, 6.45) is 1.81. The molecule has 0 atom stereocenters. The van der Waals surface area contributed by atoms with Gasteiger partial charge in [0.05, 0.1) is 23.6 Å². The number of hydrogen-bond acceptors (Lipinski definition) is 5. The van der Waals surface area contributed by atoms with Crippen molar-refractivity contribution in [1.29, 1.82) is 0 Å². The van der Waals surface area contributed by atoms with Crippen LogP contribution in [0.2, 0.25) is 0 Å². The Balaban J connectivity index is 2.40. The molecular weight excluding hydrogens is 374 g/mol. The van der Waals surface area contributed by atoms with Crippen molar-refractivity contribution in [3.8, 4) is 11.5 Å². The van der Waals surface area contributed by atoms with Gasteiger partial charge in [0.15, 0.2) is 11.5 Å². The molecule has 1 aromatic rings. The van der Waals surface area contributed by atoms with Crippen molar-refractivity contribution in [3.05, 3.63) is 27.1 Å². The summed E-state index contributed by atoms with van der Waals surface area (Å²) in [5, 5.41) is 0. The van der Waals surface area contributed by atoms with Crippen molar-refractivity contribution >= 4 is 56.2 Å². The number of amides is 1. The molecule has 0 saturated carbocycles. The van der Waals surface area contributed by atoms with E-state index >= 15 is 0 Å². The lowest BCUT2D eigenvalue weighted by atomic mass is 10.2. The lowest BCUT2D eigenvalue weighted by molar-refractivity contribution is -0.121. The summed E-state index contributed by atoms with van der Waals surface area (Å²) in [5.41, 5.74) is 0.844. The third-order valence-corrected chi connectivity index (χ3v) is 4.91. The lowest BCUT2D eigenvalue weighted by Crippen LogP contribution is -2.27. The molecule has 21 heavy (non-hydrogen) atoms. The van der Waals surface area contributed by atoms with Crippen LogP contribution >= 0.6 is 39.9 Å². The van der Waals surface area contributed by atoms with Crippen molar-refractivity contribution in [2.24, 2.45) is 0 Å². The van der Waals surface area contributed by atoms with Crippen LogP contribution in [0.15, 0.2) is 21.5 Å². The maximum Gasteiger partial charge on any atom is 0.266 e. The molecule has 1 heterocycles. The molecule has 0 spiro atoms. The van der Waals surface area contributed by atoms with Gasteiger partial charge in [-0.3, -0.25) is 9.69 Å². The van der Waals surface area contributed by atoms with Crippen molar-refractivity contribution in [2.75, 3.05) is 20.8 Å². The van der Waals surface area contributed by atoms with Crippen LogP contribution in [0.5, 0.6) is 11.5 Å². The highest BCUT2D eigenvalue weighted by Gasteiger charge is 2.30. The molecule has 1 aliphatic rings. The maximum atomic E-state index is 12.2. The number of rotatable bonds is 4. The van der Waals surface area contributed by atoms with E-state index in [0.29, 0.717) is 27.3 Å². The molecule has 0 N–H and O–H groups in total. The molecule has 1 fully saturated rings. The van der Waals surface area contributed by atoms with Gasteiger partial charge in [0, 0.05) is 6.54 Å². The second-order valence-corrected chi connectivity index (χ2v) is 6.69. The van der Waals surface area contributed by atoms with E-state index < -0.39 is 0 Å². The largest absolute Gasteiger partial charge is 0.493 e. The quantitative estimate of drug-likeness (QED) is 0.581. The van der Waals surface area contributed by atoms with Gasteiger partial charge in [-0.1, -0.05) is 24.0 Å². The number of nitrogens with zero attached hydrogens (tertiary/aromatic N) is 1. The average Bonchev–Trinajstić information content (AvgIpc) is 2.72. The molecule has 0 aliphatic carbocycles. The van der Waals surface area contributed by atoms with E-state index in [0.717, 1.165) is 10.0 Å². The third-order valence-electron chi connectivity index (χ3n) is 2.94. The van der Waals surface area contributed by atoms with Crippen LogP contribution in [0.25, 0.3) is 6.08 Å². The monoisotopic (exact) mass is 387 g/mol. The Bertz CT molecular complexity index is 631. The van der Waals surface area contributed by atoms with Gasteiger partial charge in [-0.2, -0.15) is 0 Å². The minimum Gasteiger partial charge on any atom is -0.493 e. The van der Waals surface area contributed by atoms with Crippen LogP contribution in [0.3, 0.4) is 0 Å². The highest BCUT2D eigenvalue weighted by atomic mass is 79.9. The Morgan fingerprint density at radius 2 is 2.10 bits per heavy atom. The van der Waals surface area contributed by atoms with E-state index in [-0.39, 0.29) is 5.91 Å². The first-order valence-corrected chi connectivity index (χ1v) is 8.20. The van der Waals surface area contributed by atoms with Crippen molar-refractivity contribution in [2.45, 2.75) is 6.92 Å². The Morgan fingerprint density at radius 1 is 1.38 bits per heavy atom. The second-order valence-electron chi connectivity index (χ2n) is 4.16. The fraction of sp³-hybridized carbons (Fsp3) is 0.286. The van der Waals surface area contributed by atoms with E-state index in [2.05, 4.69) is 15.9 Å². The highest BCUT2D eigenvalue weighted by Crippen LogP contribution is 2.38. The number of thioether (sulfide) groups is 1. The summed E-state index contributed by atoms with van der Waals surface area (Å²) >= 11 is 9.95. The van der Waals surface area contributed by atoms with Crippen molar-refractivity contribution in [3.63, 3.8) is 0 Å². The Kier molecular flexibility index (Phi) is 5.29. The summed E-state index contributed by atoms with van der Waals surface area (Å²) < 4.78 is 11.9. The molecule has 0 radical (unpaired) electrons. The number of ether oxygens (including phenoxy) is 2. The summed E-state index contributed by atoms with van der Waals surface area (Å²) in [5.74, 6) is 1.17. The summed E-state index contributed by atoms with van der Waals surface area (Å²) in [6, 6.07) is 3.70. The van der Waals surface area contributed by atoms with Gasteiger partial charge in [0.25, 0.3) is 5.91 Å². The standard InChI is InChI=1S/C14H14BrNO3S2/c1-4-16-13(17)11(21-14(16)20)7-8-5-9(15)12(19-3)10(6-8)18-2/h5-7H,4H2,1-3H3. The zero-order valence-corrected chi connectivity index (χ0v) is 15.0. The zero-order chi connectivity index (χ0) is 15.6. The third kappa shape index (κ3) is 3.25. The van der Waals surface area contributed by atoms with Crippen LogP contribution < -0.4 is 9.47 Å². The average molecular weight is 388 g/mol. The topological polar surface area (TPSA) is 38.8 Å². The second kappa shape index (κ2) is 6.81. The molecule has 1 aliphatic heterocycles. The molecule has 4 nitrogen and oxygen atoms in total. The van der Waals surface area contributed by atoms with Gasteiger partial charge in [-0.15, -0.1) is 0 Å². The Hall–Kier alpha value is -1.05. The minimum atomic E-state index is -0.0570. The van der Waals surface area contributed by atoms with Crippen LogP contribution in [0.1, 0.15) is 12.5 Å². The minimum absolute atomic E-state index is 0.0570. The molecule has 0 aromatic heterocycles. The van der Waals surface area contributed by atoms with Crippen LogP contribution in [0, 0.1) is 0 Å². The van der Waals surface area contributed by atoms with Crippen LogP contribution in [-0.4, -0.2) is 35.9 Å². The number of benzene rings is 1. The molecular formula is C14H14BrNO3S2. The maximum absolute atomic E-state index is 12.2. The van der Waals surface area contributed by atoms with Crippen LogP contribution in [-0.2, 0) is 4.79 Å². The zero-order valence-electron chi connectivity index (χ0n) is 11.8. The predicted octanol–water partition coefficient (Wildman–Crippen LogP) is 3.69. The first-order valence-electron chi connectivity index (χ1n) is 6.18. The predicted molar refractivity (Wildman–Crippen MR) is 92.8 cm³/mol. The SMILES string of the molecule is CCN1C(=O)C(=Cc2cc(Br)c(OC)c(OC)c2)SC1=S. The molecule has 1 saturated heterocycles. The number of carbonyl (C=O) groups excluding carboxylic acids is 1. The molecule has 7 heteroatoms. The van der Waals surface area contributed by atoms with Gasteiger partial charge in [0.1, 0.15) is 4.32 Å². The first-order chi connectivity index (χ1) is 10.0. The number of hydrogen-bond donors (Lipinski definition) is 0. The van der Waals surface area contributed by atoms with Crippen molar-refractivity contribution in [1.82, 2.24) is 4.90 Å². The fourth-order valence-corrected chi connectivity index (χ4v) is 3.95. The number of thiocarbonyl (C=S) groups is 1. The number of halogens is 1. The molecule has 0 unspecified atom stereocenters. The van der Waals surface area contributed by atoms with E-state index in [9.17, 15) is 4.79 Å². The molecule has 0 bridgehead atoms. The van der Waals surface area contributed by atoms with Gasteiger partial charge in [-0.05, 0) is 46.6 Å². The lowest BCUT2D eigenvalue weighted by Gasteiger charge is -2.11. The van der Waals surface area contributed by atoms with Gasteiger partial charge in [0.2, 0.25) is 0 Å². The summed E-state index contributed by atoms with van der Waals surface area (Å²) in [6.45, 7) is 2.48. The Morgan fingerprint density at radius 3 is 2.62 bits per heavy atom. The number of methoxy groups -OCH3 is 2. The summed E-state index contributed by atoms with van der Waals surface area (Å²) in [4.78, 5) is 14.4. The summed E-state index contributed by atoms with van der Waals surface area (Å²) in [7, 11) is 3.15. The molecule has 1 aromatic carbocycles. The van der Waals surface area contributed by atoms with Crippen LogP contribution in [0.4, 0.5) is 0 Å². The van der Waals surface area contributed by atoms with Gasteiger partial charge >= 0.3 is 0 Å². The number of likely N-dealkylation sites (N-methyl/N-ethyl adjacent to an activating group) is 1. The number of carbonyl (C=O) groups is 1. The normalized spacial score (nSPS) is 16.8. The van der Waals surface area contributed by atoms with E-state index in [1.165, 1.54) is 11.8 Å². The molecule has 112 valence electrons. The van der Waals surface area contributed by atoms with E-state index in [1.807, 2.05) is 25.1 Å². The van der Waals surface area contributed by atoms with E-state index in [4.69, 9.17) is 21.7 Å². The Labute approximate surface area is 141 Å².